The molecule has 64 valence electrons. The van der Waals surface area contributed by atoms with Crippen molar-refractivity contribution in [3.63, 3.8) is 0 Å². The average Bonchev–Trinajstić information content (AvgIpc) is 2.18. The van der Waals surface area contributed by atoms with Crippen molar-refractivity contribution >= 4 is 6.29 Å². The Bertz CT molecular complexity index is 239. The zero-order valence-corrected chi connectivity index (χ0v) is 7.29. The number of hydrogen-bond donors (Lipinski definition) is 0. The van der Waals surface area contributed by atoms with Crippen LogP contribution >= 0.6 is 0 Å². The topological polar surface area (TPSA) is 40.9 Å². The number of carbonyl (C=O) groups is 1. The highest BCUT2D eigenvalue weighted by Gasteiger charge is 2.33. The van der Waals surface area contributed by atoms with Crippen molar-refractivity contribution in [2.75, 3.05) is 0 Å². The van der Waals surface area contributed by atoms with E-state index in [0.717, 1.165) is 25.5 Å². The molecule has 0 heterocycles. The Morgan fingerprint density at radius 2 is 2.42 bits per heavy atom. The van der Waals surface area contributed by atoms with Crippen LogP contribution in [0, 0.1) is 22.7 Å². The van der Waals surface area contributed by atoms with Gasteiger partial charge in [-0.2, -0.15) is 5.26 Å². The molecule has 0 aromatic rings. The molecular weight excluding hydrogens is 150 g/mol. The summed E-state index contributed by atoms with van der Waals surface area (Å²) in [6, 6.07) is 2.10. The van der Waals surface area contributed by atoms with Crippen molar-refractivity contribution in [2.45, 2.75) is 26.2 Å². The van der Waals surface area contributed by atoms with Crippen LogP contribution in [0.3, 0.4) is 0 Å². The molecule has 2 heteroatoms. The predicted octanol–water partition coefficient (Wildman–Crippen LogP) is 2.07. The number of aldehydes is 1. The van der Waals surface area contributed by atoms with E-state index in [0.29, 0.717) is 0 Å². The smallest absolute Gasteiger partial charge is 0.140 e. The summed E-state index contributed by atoms with van der Waals surface area (Å²) in [6.07, 6.45) is 7.78. The summed E-state index contributed by atoms with van der Waals surface area (Å²) in [5.41, 5.74) is -0.773. The monoisotopic (exact) mass is 163 g/mol. The molecule has 0 saturated heterocycles. The third-order valence-corrected chi connectivity index (χ3v) is 2.60. The van der Waals surface area contributed by atoms with Crippen LogP contribution in [0.5, 0.6) is 0 Å². The Balaban J connectivity index is 2.74. The molecular formula is C10H13NO. The number of carbonyl (C=O) groups excluding carboxylic acids is 1. The highest BCUT2D eigenvalue weighted by Crippen LogP contribution is 2.33. The molecule has 0 spiro atoms. The molecule has 0 aromatic carbocycles. The minimum absolute atomic E-state index is 0.213. The summed E-state index contributed by atoms with van der Waals surface area (Å²) in [6.45, 7) is 1.73. The lowest BCUT2D eigenvalue weighted by Gasteiger charge is -2.27. The van der Waals surface area contributed by atoms with Gasteiger partial charge in [-0.25, -0.2) is 0 Å². The summed E-state index contributed by atoms with van der Waals surface area (Å²) in [5, 5.41) is 8.83. The molecule has 0 bridgehead atoms. The first kappa shape index (κ1) is 8.99. The van der Waals surface area contributed by atoms with Crippen LogP contribution < -0.4 is 0 Å². The highest BCUT2D eigenvalue weighted by atomic mass is 16.1. The van der Waals surface area contributed by atoms with Crippen LogP contribution in [-0.4, -0.2) is 6.29 Å². The molecule has 0 radical (unpaired) electrons. The number of hydrogen-bond acceptors (Lipinski definition) is 2. The third-order valence-electron chi connectivity index (χ3n) is 2.60. The predicted molar refractivity (Wildman–Crippen MR) is 46.3 cm³/mol. The van der Waals surface area contributed by atoms with E-state index >= 15 is 0 Å². The normalized spacial score (nSPS) is 27.2. The highest BCUT2D eigenvalue weighted by molar-refractivity contribution is 5.63. The summed E-state index contributed by atoms with van der Waals surface area (Å²) in [7, 11) is 0. The molecule has 1 aliphatic rings. The lowest BCUT2D eigenvalue weighted by Crippen LogP contribution is -2.28. The Morgan fingerprint density at radius 1 is 1.67 bits per heavy atom. The first-order valence-corrected chi connectivity index (χ1v) is 4.25. The molecule has 0 fully saturated rings. The maximum atomic E-state index is 10.7. The standard InChI is InChI=1S/C10H13NO/c1-10(7-11,8-12)9-5-3-2-4-6-9/h2-3,8-9H,4-6H2,1H3. The van der Waals surface area contributed by atoms with Crippen molar-refractivity contribution in [3.05, 3.63) is 12.2 Å². The lowest BCUT2D eigenvalue weighted by molar-refractivity contribution is -0.115. The van der Waals surface area contributed by atoms with Gasteiger partial charge in [0.25, 0.3) is 0 Å². The molecule has 1 aliphatic carbocycles. The Hall–Kier alpha value is -1.10. The van der Waals surface area contributed by atoms with Crippen LogP contribution in [-0.2, 0) is 4.79 Å². The van der Waals surface area contributed by atoms with Crippen molar-refractivity contribution in [1.82, 2.24) is 0 Å². The molecule has 2 unspecified atom stereocenters. The van der Waals surface area contributed by atoms with Gasteiger partial charge in [0.1, 0.15) is 11.7 Å². The van der Waals surface area contributed by atoms with Crippen molar-refractivity contribution < 1.29 is 4.79 Å². The average molecular weight is 163 g/mol. The Morgan fingerprint density at radius 3 is 2.83 bits per heavy atom. The molecule has 12 heavy (non-hydrogen) atoms. The second-order valence-electron chi connectivity index (χ2n) is 3.49. The van der Waals surface area contributed by atoms with E-state index in [2.05, 4.69) is 18.2 Å². The van der Waals surface area contributed by atoms with Gasteiger partial charge in [-0.15, -0.1) is 0 Å². The van der Waals surface area contributed by atoms with Crippen molar-refractivity contribution in [2.24, 2.45) is 11.3 Å². The number of rotatable bonds is 2. The molecule has 0 N–H and O–H groups in total. The molecule has 0 saturated carbocycles. The molecule has 0 aliphatic heterocycles. The van der Waals surface area contributed by atoms with Crippen LogP contribution in [0.25, 0.3) is 0 Å². The fraction of sp³-hybridized carbons (Fsp3) is 0.600. The van der Waals surface area contributed by atoms with Crippen molar-refractivity contribution in [1.29, 1.82) is 5.26 Å². The molecule has 0 aromatic heterocycles. The maximum absolute atomic E-state index is 10.7. The molecule has 0 amide bonds. The fourth-order valence-electron chi connectivity index (χ4n) is 1.55. The zero-order chi connectivity index (χ0) is 9.03. The van der Waals surface area contributed by atoms with Crippen molar-refractivity contribution in [3.8, 4) is 6.07 Å². The van der Waals surface area contributed by atoms with Crippen LogP contribution in [0.15, 0.2) is 12.2 Å². The van der Waals surface area contributed by atoms with E-state index in [-0.39, 0.29) is 5.92 Å². The Labute approximate surface area is 72.9 Å². The summed E-state index contributed by atoms with van der Waals surface area (Å²) < 4.78 is 0. The summed E-state index contributed by atoms with van der Waals surface area (Å²) >= 11 is 0. The quantitative estimate of drug-likeness (QED) is 0.462. The van der Waals surface area contributed by atoms with E-state index in [1.165, 1.54) is 0 Å². The minimum atomic E-state index is -0.773. The molecule has 1 rings (SSSR count). The lowest BCUT2D eigenvalue weighted by atomic mass is 9.73. The maximum Gasteiger partial charge on any atom is 0.140 e. The van der Waals surface area contributed by atoms with Gasteiger partial charge in [-0.1, -0.05) is 12.2 Å². The minimum Gasteiger partial charge on any atom is -0.302 e. The summed E-state index contributed by atoms with van der Waals surface area (Å²) in [5.74, 6) is 0.213. The van der Waals surface area contributed by atoms with E-state index in [1.54, 1.807) is 6.92 Å². The van der Waals surface area contributed by atoms with Gasteiger partial charge in [-0.3, -0.25) is 0 Å². The second-order valence-corrected chi connectivity index (χ2v) is 3.49. The number of nitriles is 1. The van der Waals surface area contributed by atoms with E-state index in [1.807, 2.05) is 0 Å². The van der Waals surface area contributed by atoms with E-state index in [4.69, 9.17) is 5.26 Å². The van der Waals surface area contributed by atoms with Gasteiger partial charge in [0, 0.05) is 0 Å². The van der Waals surface area contributed by atoms with Crippen LogP contribution in [0.4, 0.5) is 0 Å². The first-order chi connectivity index (χ1) is 5.73. The van der Waals surface area contributed by atoms with Gasteiger partial charge in [0.05, 0.1) is 6.07 Å². The number of nitrogens with zero attached hydrogens (tertiary/aromatic N) is 1. The number of allylic oxidation sites excluding steroid dienone is 2. The van der Waals surface area contributed by atoms with E-state index in [9.17, 15) is 4.79 Å². The zero-order valence-electron chi connectivity index (χ0n) is 7.29. The summed E-state index contributed by atoms with van der Waals surface area (Å²) in [4.78, 5) is 10.7. The van der Waals surface area contributed by atoms with Gasteiger partial charge in [0.2, 0.25) is 0 Å². The van der Waals surface area contributed by atoms with Gasteiger partial charge in [-0.05, 0) is 32.1 Å². The fourth-order valence-corrected chi connectivity index (χ4v) is 1.55. The van der Waals surface area contributed by atoms with Gasteiger partial charge in [0.15, 0.2) is 0 Å². The third kappa shape index (κ3) is 1.55. The van der Waals surface area contributed by atoms with Crippen LogP contribution in [0.1, 0.15) is 26.2 Å². The second kappa shape index (κ2) is 3.53. The largest absolute Gasteiger partial charge is 0.302 e. The van der Waals surface area contributed by atoms with Gasteiger partial charge >= 0.3 is 0 Å². The molecule has 2 nitrogen and oxygen atoms in total. The first-order valence-electron chi connectivity index (χ1n) is 4.25. The van der Waals surface area contributed by atoms with Crippen LogP contribution in [0.2, 0.25) is 0 Å². The Kier molecular flexibility index (Phi) is 2.65. The SMILES string of the molecule is CC(C#N)(C=O)C1CC=CCC1. The molecule has 2 atom stereocenters. The van der Waals surface area contributed by atoms with Gasteiger partial charge < -0.3 is 4.79 Å². The van der Waals surface area contributed by atoms with E-state index < -0.39 is 5.41 Å².